The molecule has 0 saturated heterocycles. The first-order chi connectivity index (χ1) is 12.6. The maximum atomic E-state index is 12.6. The van der Waals surface area contributed by atoms with Crippen molar-refractivity contribution in [1.82, 2.24) is 15.1 Å². The summed E-state index contributed by atoms with van der Waals surface area (Å²) in [5.41, 5.74) is 3.60. The molecule has 4 heteroatoms. The number of hydrogen-bond donors (Lipinski definition) is 1. The van der Waals surface area contributed by atoms with Crippen LogP contribution in [0.25, 0.3) is 0 Å². The molecular formula is C22H29N3O. The van der Waals surface area contributed by atoms with E-state index in [0.717, 1.165) is 24.6 Å². The van der Waals surface area contributed by atoms with Gasteiger partial charge in [0.2, 0.25) is 5.91 Å². The topological polar surface area (TPSA) is 46.9 Å². The Labute approximate surface area is 156 Å². The van der Waals surface area contributed by atoms with Crippen LogP contribution in [0.3, 0.4) is 0 Å². The molecule has 0 radical (unpaired) electrons. The molecule has 26 heavy (non-hydrogen) atoms. The Kier molecular flexibility index (Phi) is 4.84. The number of rotatable bonds is 6. The monoisotopic (exact) mass is 351 g/mol. The van der Waals surface area contributed by atoms with E-state index in [2.05, 4.69) is 53.7 Å². The van der Waals surface area contributed by atoms with Crippen LogP contribution in [0.4, 0.5) is 0 Å². The lowest BCUT2D eigenvalue weighted by molar-refractivity contribution is -0.124. The minimum Gasteiger partial charge on any atom is -0.352 e. The first-order valence-corrected chi connectivity index (χ1v) is 9.99. The van der Waals surface area contributed by atoms with Gasteiger partial charge in [0, 0.05) is 30.6 Å². The van der Waals surface area contributed by atoms with Crippen molar-refractivity contribution in [3.63, 3.8) is 0 Å². The van der Waals surface area contributed by atoms with Gasteiger partial charge in [-0.25, -0.2) is 0 Å². The first-order valence-electron chi connectivity index (χ1n) is 9.99. The molecule has 1 heterocycles. The predicted molar refractivity (Wildman–Crippen MR) is 103 cm³/mol. The third kappa shape index (κ3) is 3.29. The van der Waals surface area contributed by atoms with Crippen LogP contribution in [0.1, 0.15) is 55.0 Å². The van der Waals surface area contributed by atoms with Crippen LogP contribution in [0.15, 0.2) is 36.4 Å². The van der Waals surface area contributed by atoms with Gasteiger partial charge in [-0.05, 0) is 56.6 Å². The molecule has 1 aromatic carbocycles. The molecule has 2 aromatic rings. The average Bonchev–Trinajstić information content (AvgIpc) is 3.17. The summed E-state index contributed by atoms with van der Waals surface area (Å²) in [6, 6.07) is 13.2. The number of aromatic nitrogens is 2. The van der Waals surface area contributed by atoms with Crippen LogP contribution in [0.2, 0.25) is 0 Å². The molecule has 0 bridgehead atoms. The summed E-state index contributed by atoms with van der Waals surface area (Å²) in [5, 5.41) is 7.85. The maximum absolute atomic E-state index is 12.6. The second-order valence-corrected chi connectivity index (χ2v) is 8.04. The molecule has 0 unspecified atom stereocenters. The molecule has 2 aliphatic rings. The number of carbonyl (C=O) groups is 1. The zero-order chi connectivity index (χ0) is 18.1. The number of carbonyl (C=O) groups excluding carboxylic acids is 1. The Balaban J connectivity index is 1.33. The van der Waals surface area contributed by atoms with Gasteiger partial charge in [-0.15, -0.1) is 0 Å². The van der Waals surface area contributed by atoms with Gasteiger partial charge >= 0.3 is 0 Å². The van der Waals surface area contributed by atoms with Gasteiger partial charge in [-0.2, -0.15) is 5.10 Å². The quantitative estimate of drug-likeness (QED) is 0.856. The van der Waals surface area contributed by atoms with Gasteiger partial charge in [0.25, 0.3) is 0 Å². The van der Waals surface area contributed by atoms with Gasteiger partial charge in [0.05, 0.1) is 5.69 Å². The van der Waals surface area contributed by atoms with Crippen LogP contribution in [-0.4, -0.2) is 21.7 Å². The summed E-state index contributed by atoms with van der Waals surface area (Å²) < 4.78 is 2.01. The largest absolute Gasteiger partial charge is 0.352 e. The number of nitrogens with one attached hydrogen (secondary N) is 1. The maximum Gasteiger partial charge on any atom is 0.220 e. The number of benzene rings is 1. The second kappa shape index (κ2) is 7.26. The van der Waals surface area contributed by atoms with Crippen LogP contribution in [-0.2, 0) is 11.3 Å². The lowest BCUT2D eigenvalue weighted by Gasteiger charge is -2.49. The van der Waals surface area contributed by atoms with E-state index >= 15 is 0 Å². The Morgan fingerprint density at radius 1 is 1.19 bits per heavy atom. The van der Waals surface area contributed by atoms with E-state index < -0.39 is 0 Å². The highest BCUT2D eigenvalue weighted by atomic mass is 16.1. The summed E-state index contributed by atoms with van der Waals surface area (Å²) in [6.45, 7) is 4.89. The Bertz CT molecular complexity index is 767. The summed E-state index contributed by atoms with van der Waals surface area (Å²) in [4.78, 5) is 12.6. The van der Waals surface area contributed by atoms with E-state index in [4.69, 9.17) is 0 Å². The summed E-state index contributed by atoms with van der Waals surface area (Å²) >= 11 is 0. The van der Waals surface area contributed by atoms with Crippen molar-refractivity contribution < 1.29 is 4.79 Å². The SMILES string of the molecule is Cc1cc(C)n(CCCC(=O)N[C@@H]2[C@H]3CCC[C@@H]3[C@H]2c2ccccc2)n1. The van der Waals surface area contributed by atoms with Crippen molar-refractivity contribution in [2.75, 3.05) is 0 Å². The number of amides is 1. The zero-order valence-electron chi connectivity index (χ0n) is 15.8. The van der Waals surface area contributed by atoms with Gasteiger partial charge < -0.3 is 5.32 Å². The van der Waals surface area contributed by atoms with Crippen molar-refractivity contribution in [2.45, 2.75) is 64.5 Å². The van der Waals surface area contributed by atoms with Gasteiger partial charge in [-0.3, -0.25) is 9.48 Å². The van der Waals surface area contributed by atoms with Crippen LogP contribution >= 0.6 is 0 Å². The smallest absolute Gasteiger partial charge is 0.220 e. The van der Waals surface area contributed by atoms with E-state index in [1.54, 1.807) is 0 Å². The van der Waals surface area contributed by atoms with Crippen molar-refractivity contribution in [3.05, 3.63) is 53.3 Å². The lowest BCUT2D eigenvalue weighted by atomic mass is 9.60. The van der Waals surface area contributed by atoms with Crippen LogP contribution < -0.4 is 5.32 Å². The highest BCUT2D eigenvalue weighted by molar-refractivity contribution is 5.76. The molecule has 138 valence electrons. The van der Waals surface area contributed by atoms with Gasteiger partial charge in [0.15, 0.2) is 0 Å². The minimum absolute atomic E-state index is 0.197. The number of fused-ring (bicyclic) bond motifs is 1. The van der Waals surface area contributed by atoms with Crippen LogP contribution in [0, 0.1) is 25.7 Å². The Morgan fingerprint density at radius 3 is 2.69 bits per heavy atom. The molecule has 4 nitrogen and oxygen atoms in total. The molecule has 1 N–H and O–H groups in total. The molecule has 4 atom stereocenters. The fourth-order valence-electron chi connectivity index (χ4n) is 5.17. The van der Waals surface area contributed by atoms with E-state index in [1.165, 1.54) is 30.5 Å². The summed E-state index contributed by atoms with van der Waals surface area (Å²) in [7, 11) is 0. The van der Waals surface area contributed by atoms with E-state index in [1.807, 2.05) is 11.6 Å². The number of hydrogen-bond acceptors (Lipinski definition) is 2. The van der Waals surface area contributed by atoms with Crippen molar-refractivity contribution >= 4 is 5.91 Å². The molecular weight excluding hydrogens is 322 g/mol. The standard InChI is InChI=1S/C22H29N3O/c1-15-14-16(2)25(24-15)13-7-12-20(26)23-22-19-11-6-10-18(19)21(22)17-8-4-3-5-9-17/h3-5,8-9,14,18-19,21-22H,6-7,10-13H2,1-2H3,(H,23,26)/t18-,19-,21+,22+/m0/s1. The minimum atomic E-state index is 0.197. The normalized spacial score (nSPS) is 27.0. The van der Waals surface area contributed by atoms with E-state index in [9.17, 15) is 4.79 Å². The average molecular weight is 351 g/mol. The lowest BCUT2D eigenvalue weighted by Crippen LogP contribution is -2.56. The molecule has 2 aliphatic carbocycles. The summed E-state index contributed by atoms with van der Waals surface area (Å²) in [5.74, 6) is 2.14. The Morgan fingerprint density at radius 2 is 1.96 bits per heavy atom. The highest BCUT2D eigenvalue weighted by Crippen LogP contribution is 2.55. The molecule has 4 rings (SSSR count). The van der Waals surface area contributed by atoms with Crippen molar-refractivity contribution in [3.8, 4) is 0 Å². The van der Waals surface area contributed by atoms with Crippen LogP contribution in [0.5, 0.6) is 0 Å². The predicted octanol–water partition coefficient (Wildman–Crippen LogP) is 3.98. The van der Waals surface area contributed by atoms with Crippen molar-refractivity contribution in [2.24, 2.45) is 11.8 Å². The number of aryl methyl sites for hydroxylation is 3. The Hall–Kier alpha value is -2.10. The van der Waals surface area contributed by atoms with E-state index in [-0.39, 0.29) is 5.91 Å². The highest BCUT2D eigenvalue weighted by Gasteiger charge is 2.53. The molecule has 1 aromatic heterocycles. The first kappa shape index (κ1) is 17.3. The molecule has 1 amide bonds. The van der Waals surface area contributed by atoms with Gasteiger partial charge in [-0.1, -0.05) is 36.8 Å². The zero-order valence-corrected chi connectivity index (χ0v) is 15.8. The fraction of sp³-hybridized carbons (Fsp3) is 0.545. The van der Waals surface area contributed by atoms with E-state index in [0.29, 0.717) is 24.3 Å². The third-order valence-corrected chi connectivity index (χ3v) is 6.32. The molecule has 0 spiro atoms. The fourth-order valence-corrected chi connectivity index (χ4v) is 5.17. The summed E-state index contributed by atoms with van der Waals surface area (Å²) in [6.07, 6.45) is 5.31. The molecule has 2 fully saturated rings. The number of nitrogens with zero attached hydrogens (tertiary/aromatic N) is 2. The molecule has 0 aliphatic heterocycles. The van der Waals surface area contributed by atoms with Crippen molar-refractivity contribution in [1.29, 1.82) is 0 Å². The van der Waals surface area contributed by atoms with Gasteiger partial charge in [0.1, 0.15) is 0 Å². The third-order valence-electron chi connectivity index (χ3n) is 6.32. The second-order valence-electron chi connectivity index (χ2n) is 8.04. The molecule has 2 saturated carbocycles.